The van der Waals surface area contributed by atoms with Crippen LogP contribution >= 0.6 is 11.3 Å². The Hall–Kier alpha value is -1.39. The Bertz CT molecular complexity index is 561. The smallest absolute Gasteiger partial charge is 0.124 e. The third kappa shape index (κ3) is 2.26. The maximum atomic E-state index is 9.54. The van der Waals surface area contributed by atoms with E-state index in [1.165, 1.54) is 23.4 Å². The molecule has 2 aromatic rings. The number of hydrogen-bond donors (Lipinski definition) is 2. The summed E-state index contributed by atoms with van der Waals surface area (Å²) in [4.78, 5) is 6.10. The highest BCUT2D eigenvalue weighted by atomic mass is 32.1. The molecule has 18 heavy (non-hydrogen) atoms. The second-order valence-corrected chi connectivity index (χ2v) is 5.77. The van der Waals surface area contributed by atoms with Crippen LogP contribution in [0.25, 0.3) is 10.6 Å². The maximum absolute atomic E-state index is 9.54. The van der Waals surface area contributed by atoms with Crippen LogP contribution in [0.5, 0.6) is 5.75 Å². The lowest BCUT2D eigenvalue weighted by molar-refractivity contribution is 0.475. The van der Waals surface area contributed by atoms with Gasteiger partial charge in [0, 0.05) is 22.9 Å². The van der Waals surface area contributed by atoms with Crippen LogP contribution in [0.1, 0.15) is 29.3 Å². The molecule has 2 N–H and O–H groups in total. The number of thiazole rings is 1. The number of nitrogens with zero attached hydrogens (tertiary/aromatic N) is 1. The zero-order chi connectivity index (χ0) is 12.5. The molecule has 3 nitrogen and oxygen atoms in total. The van der Waals surface area contributed by atoms with Gasteiger partial charge >= 0.3 is 0 Å². The second kappa shape index (κ2) is 4.71. The van der Waals surface area contributed by atoms with E-state index >= 15 is 0 Å². The molecule has 1 heterocycles. The van der Waals surface area contributed by atoms with E-state index in [-0.39, 0.29) is 0 Å². The summed E-state index contributed by atoms with van der Waals surface area (Å²) in [6.45, 7) is 0.877. The largest absolute Gasteiger partial charge is 0.508 e. The first kappa shape index (κ1) is 11.7. The second-order valence-electron chi connectivity index (χ2n) is 4.68. The first-order valence-corrected chi connectivity index (χ1v) is 7.03. The van der Waals surface area contributed by atoms with E-state index < -0.39 is 0 Å². The molecule has 0 bridgehead atoms. The van der Waals surface area contributed by atoms with Crippen molar-refractivity contribution in [3.8, 4) is 16.3 Å². The Morgan fingerprint density at radius 1 is 1.44 bits per heavy atom. The standard InChI is InChI=1S/C14H16N2OS/c1-15-8-12-13(9-5-6-9)16-14(18-12)10-3-2-4-11(17)7-10/h2-4,7,9,15,17H,5-6,8H2,1H3. The molecule has 4 heteroatoms. The van der Waals surface area contributed by atoms with Crippen molar-refractivity contribution < 1.29 is 5.11 Å². The molecule has 0 radical (unpaired) electrons. The first-order chi connectivity index (χ1) is 8.78. The van der Waals surface area contributed by atoms with E-state index in [4.69, 9.17) is 4.98 Å². The molecular formula is C14H16N2OS. The highest BCUT2D eigenvalue weighted by Gasteiger charge is 2.29. The molecule has 1 aliphatic carbocycles. The molecule has 3 rings (SSSR count). The van der Waals surface area contributed by atoms with Crippen molar-refractivity contribution in [1.82, 2.24) is 10.3 Å². The van der Waals surface area contributed by atoms with Crippen molar-refractivity contribution in [1.29, 1.82) is 0 Å². The van der Waals surface area contributed by atoms with E-state index in [1.807, 2.05) is 19.2 Å². The molecule has 1 aliphatic rings. The lowest BCUT2D eigenvalue weighted by atomic mass is 10.2. The average molecular weight is 260 g/mol. The SMILES string of the molecule is CNCc1sc(-c2cccc(O)c2)nc1C1CC1. The number of phenolic OH excluding ortho intramolecular Hbond substituents is 1. The van der Waals surface area contributed by atoms with Gasteiger partial charge in [-0.3, -0.25) is 0 Å². The summed E-state index contributed by atoms with van der Waals surface area (Å²) in [5.74, 6) is 0.960. The van der Waals surface area contributed by atoms with E-state index in [0.717, 1.165) is 17.1 Å². The molecule has 1 fully saturated rings. The third-order valence-electron chi connectivity index (χ3n) is 3.12. The van der Waals surface area contributed by atoms with Crippen molar-refractivity contribution in [3.63, 3.8) is 0 Å². The van der Waals surface area contributed by atoms with Gasteiger partial charge in [-0.05, 0) is 32.0 Å². The van der Waals surface area contributed by atoms with Gasteiger partial charge in [-0.2, -0.15) is 0 Å². The first-order valence-electron chi connectivity index (χ1n) is 6.21. The molecule has 0 spiro atoms. The van der Waals surface area contributed by atoms with E-state index in [0.29, 0.717) is 11.7 Å². The van der Waals surface area contributed by atoms with Crippen LogP contribution in [-0.4, -0.2) is 17.1 Å². The highest BCUT2D eigenvalue weighted by molar-refractivity contribution is 7.15. The minimum Gasteiger partial charge on any atom is -0.508 e. The van der Waals surface area contributed by atoms with Crippen LogP contribution in [0.2, 0.25) is 0 Å². The van der Waals surface area contributed by atoms with Gasteiger partial charge in [-0.25, -0.2) is 4.98 Å². The quantitative estimate of drug-likeness (QED) is 0.888. The molecule has 0 atom stereocenters. The molecule has 0 amide bonds. The van der Waals surface area contributed by atoms with Crippen LogP contribution in [0.3, 0.4) is 0 Å². The Balaban J connectivity index is 1.99. The summed E-state index contributed by atoms with van der Waals surface area (Å²) >= 11 is 1.73. The maximum Gasteiger partial charge on any atom is 0.124 e. The summed E-state index contributed by atoms with van der Waals surface area (Å²) in [6.07, 6.45) is 2.53. The van der Waals surface area contributed by atoms with Crippen molar-refractivity contribution in [2.45, 2.75) is 25.3 Å². The fourth-order valence-corrected chi connectivity index (χ4v) is 3.24. The molecule has 0 aliphatic heterocycles. The highest BCUT2D eigenvalue weighted by Crippen LogP contribution is 2.44. The fourth-order valence-electron chi connectivity index (χ4n) is 2.09. The topological polar surface area (TPSA) is 45.1 Å². The number of hydrogen-bond acceptors (Lipinski definition) is 4. The summed E-state index contributed by atoms with van der Waals surface area (Å²) < 4.78 is 0. The van der Waals surface area contributed by atoms with Gasteiger partial charge in [0.25, 0.3) is 0 Å². The minimum atomic E-state index is 0.297. The summed E-state index contributed by atoms with van der Waals surface area (Å²) in [6, 6.07) is 7.32. The lowest BCUT2D eigenvalue weighted by Gasteiger charge is -1.97. The van der Waals surface area contributed by atoms with Crippen LogP contribution in [0.15, 0.2) is 24.3 Å². The average Bonchev–Trinajstić information content (AvgIpc) is 3.12. The molecular weight excluding hydrogens is 244 g/mol. The summed E-state index contributed by atoms with van der Waals surface area (Å²) in [7, 11) is 1.96. The zero-order valence-corrected chi connectivity index (χ0v) is 11.1. The van der Waals surface area contributed by atoms with Gasteiger partial charge < -0.3 is 10.4 Å². The Morgan fingerprint density at radius 3 is 2.94 bits per heavy atom. The van der Waals surface area contributed by atoms with Gasteiger partial charge in [-0.15, -0.1) is 11.3 Å². The number of nitrogens with one attached hydrogen (secondary N) is 1. The van der Waals surface area contributed by atoms with Gasteiger partial charge in [0.2, 0.25) is 0 Å². The monoisotopic (exact) mass is 260 g/mol. The van der Waals surface area contributed by atoms with Crippen molar-refractivity contribution in [3.05, 3.63) is 34.8 Å². The molecule has 1 saturated carbocycles. The Labute approximate surface area is 111 Å². The van der Waals surface area contributed by atoms with Crippen LogP contribution in [0, 0.1) is 0 Å². The zero-order valence-electron chi connectivity index (χ0n) is 10.3. The molecule has 1 aromatic heterocycles. The minimum absolute atomic E-state index is 0.297. The van der Waals surface area contributed by atoms with Crippen LogP contribution in [0.4, 0.5) is 0 Å². The molecule has 0 saturated heterocycles. The van der Waals surface area contributed by atoms with E-state index in [9.17, 15) is 5.11 Å². The molecule has 1 aromatic carbocycles. The fraction of sp³-hybridized carbons (Fsp3) is 0.357. The third-order valence-corrected chi connectivity index (χ3v) is 4.24. The number of aromatic nitrogens is 1. The number of benzene rings is 1. The van der Waals surface area contributed by atoms with E-state index in [2.05, 4.69) is 5.32 Å². The van der Waals surface area contributed by atoms with Gasteiger partial charge in [-0.1, -0.05) is 12.1 Å². The van der Waals surface area contributed by atoms with Gasteiger partial charge in [0.1, 0.15) is 10.8 Å². The molecule has 94 valence electrons. The van der Waals surface area contributed by atoms with Gasteiger partial charge in [0.15, 0.2) is 0 Å². The van der Waals surface area contributed by atoms with Crippen LogP contribution in [-0.2, 0) is 6.54 Å². The Kier molecular flexibility index (Phi) is 3.06. The number of phenols is 1. The lowest BCUT2D eigenvalue weighted by Crippen LogP contribution is -2.05. The van der Waals surface area contributed by atoms with Gasteiger partial charge in [0.05, 0.1) is 5.69 Å². The van der Waals surface area contributed by atoms with Crippen molar-refractivity contribution in [2.75, 3.05) is 7.05 Å². The Morgan fingerprint density at radius 2 is 2.28 bits per heavy atom. The van der Waals surface area contributed by atoms with Crippen LogP contribution < -0.4 is 5.32 Å². The predicted octanol–water partition coefficient (Wildman–Crippen LogP) is 3.11. The number of rotatable bonds is 4. The molecule has 0 unspecified atom stereocenters. The van der Waals surface area contributed by atoms with Crippen molar-refractivity contribution >= 4 is 11.3 Å². The van der Waals surface area contributed by atoms with E-state index in [1.54, 1.807) is 23.5 Å². The van der Waals surface area contributed by atoms with Crippen molar-refractivity contribution in [2.24, 2.45) is 0 Å². The predicted molar refractivity (Wildman–Crippen MR) is 74.0 cm³/mol. The summed E-state index contributed by atoms with van der Waals surface area (Å²) in [5.41, 5.74) is 2.26. The normalized spacial score (nSPS) is 14.9. The number of aromatic hydroxyl groups is 1. The summed E-state index contributed by atoms with van der Waals surface area (Å²) in [5, 5.41) is 13.8.